The monoisotopic (exact) mass is 448 g/mol. The Kier molecular flexibility index (Phi) is 6.17. The third-order valence-electron chi connectivity index (χ3n) is 4.58. The Morgan fingerprint density at radius 3 is 2.45 bits per heavy atom. The highest BCUT2D eigenvalue weighted by Gasteiger charge is 2.31. The second-order valence-electron chi connectivity index (χ2n) is 7.10. The molecule has 31 heavy (non-hydrogen) atoms. The van der Waals surface area contributed by atoms with Crippen LogP contribution in [0.1, 0.15) is 30.1 Å². The number of benzene rings is 2. The van der Waals surface area contributed by atoms with Crippen molar-refractivity contribution < 1.29 is 22.7 Å². The normalized spacial score (nSPS) is 13.8. The van der Waals surface area contributed by atoms with Crippen LogP contribution in [0.5, 0.6) is 5.75 Å². The van der Waals surface area contributed by atoms with Gasteiger partial charge in [-0.25, -0.2) is 0 Å². The molecule has 1 saturated carbocycles. The molecule has 0 radical (unpaired) electrons. The van der Waals surface area contributed by atoms with Gasteiger partial charge in [0.2, 0.25) is 5.91 Å². The van der Waals surface area contributed by atoms with Gasteiger partial charge in [0.25, 0.3) is 0 Å². The zero-order valence-corrected chi connectivity index (χ0v) is 17.1. The summed E-state index contributed by atoms with van der Waals surface area (Å²) in [4.78, 5) is 12.3. The van der Waals surface area contributed by atoms with E-state index in [4.69, 9.17) is 0 Å². The smallest absolute Gasteiger partial charge is 0.406 e. The van der Waals surface area contributed by atoms with Crippen molar-refractivity contribution >= 4 is 23.4 Å². The molecule has 0 spiro atoms. The molecule has 1 aliphatic rings. The number of nitrogens with zero attached hydrogens (tertiary/aromatic N) is 3. The Morgan fingerprint density at radius 2 is 1.81 bits per heavy atom. The van der Waals surface area contributed by atoms with Crippen LogP contribution in [0.2, 0.25) is 0 Å². The maximum Gasteiger partial charge on any atom is 0.573 e. The van der Waals surface area contributed by atoms with Crippen molar-refractivity contribution in [2.45, 2.75) is 36.8 Å². The Bertz CT molecular complexity index is 1040. The average molecular weight is 448 g/mol. The highest BCUT2D eigenvalue weighted by molar-refractivity contribution is 7.99. The summed E-state index contributed by atoms with van der Waals surface area (Å²) in [7, 11) is 0. The topological polar surface area (TPSA) is 69.0 Å². The minimum absolute atomic E-state index is 0.0956. The van der Waals surface area contributed by atoms with E-state index in [0.717, 1.165) is 36.4 Å². The van der Waals surface area contributed by atoms with E-state index in [1.54, 1.807) is 0 Å². The number of aromatic nitrogens is 3. The first-order valence-electron chi connectivity index (χ1n) is 9.63. The number of hydrogen-bond donors (Lipinski definition) is 1. The molecule has 2 aromatic carbocycles. The van der Waals surface area contributed by atoms with Gasteiger partial charge in [-0.15, -0.1) is 23.4 Å². The zero-order chi connectivity index (χ0) is 21.8. The average Bonchev–Trinajstić information content (AvgIpc) is 3.49. The lowest BCUT2D eigenvalue weighted by Gasteiger charge is -2.11. The lowest BCUT2D eigenvalue weighted by atomic mass is 10.2. The van der Waals surface area contributed by atoms with E-state index in [1.165, 1.54) is 23.9 Å². The van der Waals surface area contributed by atoms with Crippen LogP contribution in [-0.4, -0.2) is 32.8 Å². The fourth-order valence-corrected chi connectivity index (χ4v) is 3.78. The summed E-state index contributed by atoms with van der Waals surface area (Å²) in [6.07, 6.45) is -2.57. The van der Waals surface area contributed by atoms with Crippen molar-refractivity contribution in [3.05, 3.63) is 66.0 Å². The number of carbonyl (C=O) groups excluding carboxylic acids is 1. The SMILES string of the molecule is O=C(CSc1nnc(C2CC2)n1Cc1ccccc1)Nc1ccc(OC(F)(F)F)cc1. The first-order chi connectivity index (χ1) is 14.9. The Morgan fingerprint density at radius 1 is 1.10 bits per heavy atom. The fourth-order valence-electron chi connectivity index (χ4n) is 3.03. The second-order valence-corrected chi connectivity index (χ2v) is 8.04. The van der Waals surface area contributed by atoms with Gasteiger partial charge < -0.3 is 14.6 Å². The molecular weight excluding hydrogens is 429 g/mol. The number of nitrogens with one attached hydrogen (secondary N) is 1. The van der Waals surface area contributed by atoms with Crippen molar-refractivity contribution in [3.63, 3.8) is 0 Å². The molecule has 4 rings (SSSR count). The molecule has 0 unspecified atom stereocenters. The first-order valence-corrected chi connectivity index (χ1v) is 10.6. The predicted octanol–water partition coefficient (Wildman–Crippen LogP) is 4.83. The highest BCUT2D eigenvalue weighted by Crippen LogP contribution is 2.40. The van der Waals surface area contributed by atoms with E-state index in [1.807, 2.05) is 34.9 Å². The van der Waals surface area contributed by atoms with Gasteiger partial charge in [-0.05, 0) is 42.7 Å². The van der Waals surface area contributed by atoms with Gasteiger partial charge in [0.05, 0.1) is 12.3 Å². The van der Waals surface area contributed by atoms with Crippen molar-refractivity contribution in [1.82, 2.24) is 14.8 Å². The number of rotatable bonds is 8. The lowest BCUT2D eigenvalue weighted by molar-refractivity contribution is -0.274. The van der Waals surface area contributed by atoms with E-state index in [0.29, 0.717) is 23.3 Å². The van der Waals surface area contributed by atoms with Crippen LogP contribution >= 0.6 is 11.8 Å². The molecule has 1 aliphatic carbocycles. The van der Waals surface area contributed by atoms with E-state index in [-0.39, 0.29) is 17.4 Å². The summed E-state index contributed by atoms with van der Waals surface area (Å²) in [5.74, 6) is 0.806. The Labute approximate surface area is 180 Å². The molecule has 1 heterocycles. The van der Waals surface area contributed by atoms with Crippen LogP contribution in [0.25, 0.3) is 0 Å². The zero-order valence-electron chi connectivity index (χ0n) is 16.3. The summed E-state index contributed by atoms with van der Waals surface area (Å²) in [5, 5.41) is 11.9. The van der Waals surface area contributed by atoms with Gasteiger partial charge >= 0.3 is 6.36 Å². The molecule has 0 atom stereocenters. The summed E-state index contributed by atoms with van der Waals surface area (Å²) in [6.45, 7) is 0.629. The number of halogens is 3. The van der Waals surface area contributed by atoms with E-state index < -0.39 is 6.36 Å². The van der Waals surface area contributed by atoms with Crippen molar-refractivity contribution in [1.29, 1.82) is 0 Å². The van der Waals surface area contributed by atoms with Crippen LogP contribution in [0.4, 0.5) is 18.9 Å². The van der Waals surface area contributed by atoms with E-state index >= 15 is 0 Å². The van der Waals surface area contributed by atoms with E-state index in [2.05, 4.69) is 20.3 Å². The molecule has 3 aromatic rings. The van der Waals surface area contributed by atoms with E-state index in [9.17, 15) is 18.0 Å². The Hall–Kier alpha value is -3.01. The number of carbonyl (C=O) groups is 1. The minimum atomic E-state index is -4.75. The van der Waals surface area contributed by atoms with Gasteiger partial charge in [0, 0.05) is 11.6 Å². The highest BCUT2D eigenvalue weighted by atomic mass is 32.2. The van der Waals surface area contributed by atoms with Crippen LogP contribution in [-0.2, 0) is 11.3 Å². The molecule has 1 amide bonds. The molecule has 1 N–H and O–H groups in total. The van der Waals surface area contributed by atoms with Crippen molar-refractivity contribution in [2.75, 3.05) is 11.1 Å². The van der Waals surface area contributed by atoms with Crippen LogP contribution < -0.4 is 10.1 Å². The second kappa shape index (κ2) is 9.01. The molecule has 162 valence electrons. The maximum absolute atomic E-state index is 12.3. The molecule has 10 heteroatoms. The van der Waals surface area contributed by atoms with Gasteiger partial charge in [-0.3, -0.25) is 4.79 Å². The molecule has 0 aliphatic heterocycles. The Balaban J connectivity index is 1.37. The third-order valence-corrected chi connectivity index (χ3v) is 5.54. The van der Waals surface area contributed by atoms with Gasteiger partial charge in [-0.2, -0.15) is 0 Å². The summed E-state index contributed by atoms with van der Waals surface area (Å²) in [5.41, 5.74) is 1.50. The number of ether oxygens (including phenoxy) is 1. The third kappa shape index (κ3) is 6.00. The first kappa shape index (κ1) is 21.2. The van der Waals surface area contributed by atoms with Crippen LogP contribution in [0.15, 0.2) is 59.8 Å². The number of amides is 1. The molecule has 0 saturated heterocycles. The standard InChI is InChI=1S/C21H19F3N4O2S/c22-21(23,24)30-17-10-8-16(9-11-17)25-18(29)13-31-20-27-26-19(15-6-7-15)28(20)12-14-4-2-1-3-5-14/h1-5,8-11,15H,6-7,12-13H2,(H,25,29). The molecular formula is C21H19F3N4O2S. The number of alkyl halides is 3. The molecule has 6 nitrogen and oxygen atoms in total. The van der Waals surface area contributed by atoms with Crippen LogP contribution in [0, 0.1) is 0 Å². The van der Waals surface area contributed by atoms with Crippen molar-refractivity contribution in [2.24, 2.45) is 0 Å². The predicted molar refractivity (Wildman–Crippen MR) is 110 cm³/mol. The van der Waals surface area contributed by atoms with Gasteiger partial charge in [0.1, 0.15) is 11.6 Å². The number of hydrogen-bond acceptors (Lipinski definition) is 5. The largest absolute Gasteiger partial charge is 0.573 e. The summed E-state index contributed by atoms with van der Waals surface area (Å²) < 4.78 is 42.6. The van der Waals surface area contributed by atoms with Crippen LogP contribution in [0.3, 0.4) is 0 Å². The number of anilines is 1. The molecule has 1 fully saturated rings. The molecule has 1 aromatic heterocycles. The van der Waals surface area contributed by atoms with Gasteiger partial charge in [-0.1, -0.05) is 42.1 Å². The fraction of sp³-hybridized carbons (Fsp3) is 0.286. The summed E-state index contributed by atoms with van der Waals surface area (Å²) in [6, 6.07) is 15.0. The number of thioether (sulfide) groups is 1. The van der Waals surface area contributed by atoms with Gasteiger partial charge in [0.15, 0.2) is 5.16 Å². The van der Waals surface area contributed by atoms with Crippen molar-refractivity contribution in [3.8, 4) is 5.75 Å². The molecule has 0 bridgehead atoms. The quantitative estimate of drug-likeness (QED) is 0.500. The maximum atomic E-state index is 12.3. The lowest BCUT2D eigenvalue weighted by Crippen LogP contribution is -2.17. The summed E-state index contributed by atoms with van der Waals surface area (Å²) >= 11 is 1.27. The minimum Gasteiger partial charge on any atom is -0.406 e.